The molecule has 0 atom stereocenters. The van der Waals surface area contributed by atoms with E-state index >= 15 is 0 Å². The van der Waals surface area contributed by atoms with Crippen LogP contribution in [0.4, 0.5) is 0 Å². The molecule has 12 nitrogen and oxygen atoms in total. The molecule has 0 saturated heterocycles. The van der Waals surface area contributed by atoms with E-state index in [0.29, 0.717) is 35.2 Å². The van der Waals surface area contributed by atoms with Crippen LogP contribution in [0.5, 0.6) is 17.4 Å². The highest BCUT2D eigenvalue weighted by Gasteiger charge is 2.29. The zero-order valence-electron chi connectivity index (χ0n) is 20.3. The average molecular weight is 527 g/mol. The molecule has 0 aliphatic rings. The fourth-order valence-corrected chi connectivity index (χ4v) is 4.61. The van der Waals surface area contributed by atoms with E-state index in [0.717, 1.165) is 0 Å². The van der Waals surface area contributed by atoms with Crippen LogP contribution in [-0.4, -0.2) is 59.9 Å². The van der Waals surface area contributed by atoms with Gasteiger partial charge in [0.2, 0.25) is 21.7 Å². The number of para-hydroxylation sites is 1. The Hall–Kier alpha value is -4.52. The van der Waals surface area contributed by atoms with Gasteiger partial charge < -0.3 is 14.2 Å². The molecular weight excluding hydrogens is 500 g/mol. The summed E-state index contributed by atoms with van der Waals surface area (Å²) in [7, 11) is -1.20. The first kappa shape index (κ1) is 25.6. The van der Waals surface area contributed by atoms with E-state index in [4.69, 9.17) is 14.2 Å². The average Bonchev–Trinajstić information content (AvgIpc) is 3.33. The van der Waals surface area contributed by atoms with E-state index in [-0.39, 0.29) is 18.8 Å². The molecule has 3 heterocycles. The van der Waals surface area contributed by atoms with Gasteiger partial charge in [0.15, 0.2) is 5.82 Å². The number of sulfonamides is 1. The molecule has 0 saturated carbocycles. The minimum absolute atomic E-state index is 0. The highest BCUT2D eigenvalue weighted by Crippen LogP contribution is 2.36. The van der Waals surface area contributed by atoms with Gasteiger partial charge in [-0.25, -0.2) is 18.1 Å². The highest BCUT2D eigenvalue weighted by atomic mass is 32.2. The second-order valence-corrected chi connectivity index (χ2v) is 9.26. The second-order valence-electron chi connectivity index (χ2n) is 7.54. The predicted octanol–water partition coefficient (Wildman–Crippen LogP) is 2.65. The third-order valence-corrected chi connectivity index (χ3v) is 6.27. The topological polar surface area (TPSA) is 147 Å². The zero-order chi connectivity index (χ0) is 26.4. The number of pyridine rings is 2. The molecule has 0 aliphatic carbocycles. The van der Waals surface area contributed by atoms with E-state index < -0.39 is 21.7 Å². The Bertz CT molecular complexity index is 1490. The summed E-state index contributed by atoms with van der Waals surface area (Å²) in [5.74, 6) is -0.649. The summed E-state index contributed by atoms with van der Waals surface area (Å²) in [6.07, 6.45) is 2.93. The molecule has 1 aromatic carbocycles. The molecular formula is C24H26N6O6S. The van der Waals surface area contributed by atoms with Gasteiger partial charge in [0.1, 0.15) is 22.9 Å². The lowest BCUT2D eigenvalue weighted by Crippen LogP contribution is -2.33. The molecule has 37 heavy (non-hydrogen) atoms. The van der Waals surface area contributed by atoms with Gasteiger partial charge >= 0.3 is 5.91 Å². The standard InChI is InChI=1S/C24H24N6O6S.H2/c1-4-36-20-12-5-9-17(26-20)22-27-28-23(30(22)21-18(34-2)10-6-11-19(21)35-3)24(31)29-37(32,33)15-16-8-7-13-25-14-16;/h5-14H,4,15H2,1-3H3,(H,29,31);1H. The monoisotopic (exact) mass is 526 g/mol. The number of methoxy groups -OCH3 is 2. The van der Waals surface area contributed by atoms with Crippen LogP contribution in [0, 0.1) is 0 Å². The molecule has 4 aromatic rings. The van der Waals surface area contributed by atoms with E-state index in [2.05, 4.69) is 24.9 Å². The number of carbonyl (C=O) groups is 1. The minimum atomic E-state index is -4.10. The number of ether oxygens (including phenoxy) is 3. The lowest BCUT2D eigenvalue weighted by molar-refractivity contribution is 0.0969. The number of benzene rings is 1. The van der Waals surface area contributed by atoms with Gasteiger partial charge in [-0.2, -0.15) is 0 Å². The van der Waals surface area contributed by atoms with Crippen LogP contribution in [0.3, 0.4) is 0 Å². The zero-order valence-corrected chi connectivity index (χ0v) is 21.1. The Labute approximate surface area is 214 Å². The van der Waals surface area contributed by atoms with Crippen LogP contribution in [0.1, 0.15) is 24.5 Å². The van der Waals surface area contributed by atoms with E-state index in [1.165, 1.54) is 31.2 Å². The van der Waals surface area contributed by atoms with Crippen molar-refractivity contribution >= 4 is 15.9 Å². The quantitative estimate of drug-likeness (QED) is 0.327. The smallest absolute Gasteiger partial charge is 0.303 e. The van der Waals surface area contributed by atoms with Crippen LogP contribution in [0.15, 0.2) is 60.9 Å². The summed E-state index contributed by atoms with van der Waals surface area (Å²) in [6, 6.07) is 13.3. The van der Waals surface area contributed by atoms with E-state index in [1.54, 1.807) is 48.5 Å². The summed E-state index contributed by atoms with van der Waals surface area (Å²) < 4.78 is 45.5. The predicted molar refractivity (Wildman–Crippen MR) is 135 cm³/mol. The molecule has 0 bridgehead atoms. The highest BCUT2D eigenvalue weighted by molar-refractivity contribution is 7.89. The maximum absolute atomic E-state index is 13.3. The second kappa shape index (κ2) is 11.0. The van der Waals surface area contributed by atoms with Crippen molar-refractivity contribution in [2.24, 2.45) is 0 Å². The lowest BCUT2D eigenvalue weighted by atomic mass is 10.2. The van der Waals surface area contributed by atoms with Gasteiger partial charge in [0.25, 0.3) is 0 Å². The number of rotatable bonds is 10. The maximum Gasteiger partial charge on any atom is 0.303 e. The van der Waals surface area contributed by atoms with Crippen molar-refractivity contribution in [2.45, 2.75) is 12.7 Å². The molecule has 0 spiro atoms. The first-order valence-electron chi connectivity index (χ1n) is 11.1. The van der Waals surface area contributed by atoms with Gasteiger partial charge in [0, 0.05) is 19.9 Å². The van der Waals surface area contributed by atoms with Crippen LogP contribution < -0.4 is 18.9 Å². The number of hydrogen-bond acceptors (Lipinski definition) is 10. The SMILES string of the molecule is CCOc1cccc(-c2nnc(C(=O)NS(=O)(=O)Cc3cccnc3)n2-c2c(OC)cccc2OC)n1.[HH]. The van der Waals surface area contributed by atoms with Crippen LogP contribution >= 0.6 is 0 Å². The van der Waals surface area contributed by atoms with Gasteiger partial charge in [0.05, 0.1) is 26.6 Å². The normalized spacial score (nSPS) is 11.1. The van der Waals surface area contributed by atoms with Crippen molar-refractivity contribution in [3.05, 3.63) is 72.3 Å². The summed E-state index contributed by atoms with van der Waals surface area (Å²) in [4.78, 5) is 21.7. The fraction of sp³-hybridized carbons (Fsp3) is 0.208. The Balaban J connectivity index is 0.00000400. The lowest BCUT2D eigenvalue weighted by Gasteiger charge is -2.17. The largest absolute Gasteiger partial charge is 0.494 e. The molecule has 1 amide bonds. The number of nitrogens with zero attached hydrogens (tertiary/aromatic N) is 5. The van der Waals surface area contributed by atoms with Crippen molar-refractivity contribution in [3.63, 3.8) is 0 Å². The Kier molecular flexibility index (Phi) is 7.63. The van der Waals surface area contributed by atoms with Crippen LogP contribution in [0.25, 0.3) is 17.2 Å². The minimum Gasteiger partial charge on any atom is -0.494 e. The molecule has 0 fully saturated rings. The molecule has 3 aromatic heterocycles. The van der Waals surface area contributed by atoms with Gasteiger partial charge in [-0.1, -0.05) is 18.2 Å². The van der Waals surface area contributed by atoms with Gasteiger partial charge in [-0.3, -0.25) is 14.3 Å². The summed E-state index contributed by atoms with van der Waals surface area (Å²) in [5.41, 5.74) is 1.02. The van der Waals surface area contributed by atoms with E-state index in [1.807, 2.05) is 6.92 Å². The number of hydrogen-bond donors (Lipinski definition) is 1. The molecule has 1 N–H and O–H groups in total. The fourth-order valence-electron chi connectivity index (χ4n) is 3.55. The van der Waals surface area contributed by atoms with Crippen molar-refractivity contribution in [2.75, 3.05) is 20.8 Å². The molecule has 0 radical (unpaired) electrons. The molecule has 194 valence electrons. The van der Waals surface area contributed by atoms with Crippen molar-refractivity contribution in [1.82, 2.24) is 29.5 Å². The molecule has 0 aliphatic heterocycles. The third-order valence-electron chi connectivity index (χ3n) is 5.06. The third kappa shape index (κ3) is 5.67. The number of carbonyl (C=O) groups excluding carboxylic acids is 1. The summed E-state index contributed by atoms with van der Waals surface area (Å²) in [5, 5.41) is 8.19. The first-order chi connectivity index (χ1) is 17.9. The Morgan fingerprint density at radius 2 is 1.76 bits per heavy atom. The Morgan fingerprint density at radius 1 is 1.03 bits per heavy atom. The molecule has 0 unspecified atom stereocenters. The van der Waals surface area contributed by atoms with Crippen LogP contribution in [-0.2, 0) is 15.8 Å². The summed E-state index contributed by atoms with van der Waals surface area (Å²) >= 11 is 0. The molecule has 13 heteroatoms. The van der Waals surface area contributed by atoms with Crippen molar-refractivity contribution in [1.29, 1.82) is 0 Å². The number of aromatic nitrogens is 5. The van der Waals surface area contributed by atoms with Crippen LogP contribution in [0.2, 0.25) is 0 Å². The van der Waals surface area contributed by atoms with Gasteiger partial charge in [-0.05, 0) is 36.8 Å². The number of amides is 1. The molecule has 4 rings (SSSR count). The van der Waals surface area contributed by atoms with E-state index in [9.17, 15) is 13.2 Å². The van der Waals surface area contributed by atoms with Crippen molar-refractivity contribution < 1.29 is 28.8 Å². The number of nitrogens with one attached hydrogen (secondary N) is 1. The summed E-state index contributed by atoms with van der Waals surface area (Å²) in [6.45, 7) is 2.22. The van der Waals surface area contributed by atoms with Crippen molar-refractivity contribution in [3.8, 4) is 34.6 Å². The first-order valence-corrected chi connectivity index (χ1v) is 12.7. The van der Waals surface area contributed by atoms with Gasteiger partial charge in [-0.15, -0.1) is 10.2 Å². The maximum atomic E-state index is 13.3. The Morgan fingerprint density at radius 3 is 2.41 bits per heavy atom.